The van der Waals surface area contributed by atoms with Crippen LogP contribution in [0.15, 0.2) is 24.3 Å². The first kappa shape index (κ1) is 17.1. The summed E-state index contributed by atoms with van der Waals surface area (Å²) in [7, 11) is 0. The van der Waals surface area contributed by atoms with E-state index in [9.17, 15) is 14.9 Å². The van der Waals surface area contributed by atoms with Crippen LogP contribution in [0, 0.1) is 10.1 Å². The van der Waals surface area contributed by atoms with Crippen molar-refractivity contribution in [2.45, 2.75) is 25.8 Å². The fraction of sp³-hybridized carbons (Fsp3) is 0.444. The Morgan fingerprint density at radius 1 is 1.23 bits per heavy atom. The second-order valence-electron chi connectivity index (χ2n) is 6.71. The minimum absolute atomic E-state index is 0.0497. The third-order valence-corrected chi connectivity index (χ3v) is 6.10. The minimum Gasteiger partial charge on any atom is -0.336 e. The number of hydrogen-bond acceptors (Lipinski definition) is 6. The zero-order valence-electron chi connectivity index (χ0n) is 14.4. The number of nitro groups is 1. The molecule has 2 aliphatic rings. The molecule has 0 atom stereocenters. The predicted octanol–water partition coefficient (Wildman–Crippen LogP) is 2.50. The van der Waals surface area contributed by atoms with Crippen molar-refractivity contribution in [1.82, 2.24) is 14.8 Å². The van der Waals surface area contributed by atoms with Gasteiger partial charge in [0.25, 0.3) is 11.6 Å². The molecule has 1 fully saturated rings. The number of amides is 1. The van der Waals surface area contributed by atoms with E-state index in [0.717, 1.165) is 26.1 Å². The van der Waals surface area contributed by atoms with Gasteiger partial charge >= 0.3 is 0 Å². The highest BCUT2D eigenvalue weighted by molar-refractivity contribution is 7.11. The molecule has 2 aromatic rings. The summed E-state index contributed by atoms with van der Waals surface area (Å²) >= 11 is 1.83. The van der Waals surface area contributed by atoms with Crippen molar-refractivity contribution >= 4 is 22.9 Å². The van der Waals surface area contributed by atoms with E-state index in [1.807, 2.05) is 11.3 Å². The molecule has 7 nitrogen and oxygen atoms in total. The summed E-state index contributed by atoms with van der Waals surface area (Å²) in [6, 6.07) is 5.95. The first-order valence-electron chi connectivity index (χ1n) is 8.84. The van der Waals surface area contributed by atoms with Crippen LogP contribution in [-0.4, -0.2) is 51.8 Å². The van der Waals surface area contributed by atoms with Gasteiger partial charge in [-0.15, -0.1) is 11.3 Å². The van der Waals surface area contributed by atoms with Crippen molar-refractivity contribution in [3.05, 3.63) is 55.5 Å². The Bertz CT molecular complexity index is 821. The molecular formula is C18H20N4O3S. The Kier molecular flexibility index (Phi) is 4.69. The first-order chi connectivity index (χ1) is 12.6. The second kappa shape index (κ2) is 7.13. The fourth-order valence-corrected chi connectivity index (χ4v) is 4.75. The molecule has 8 heteroatoms. The van der Waals surface area contributed by atoms with E-state index in [1.54, 1.807) is 17.0 Å². The number of aromatic nitrogens is 1. The van der Waals surface area contributed by atoms with Crippen LogP contribution in [0.4, 0.5) is 5.69 Å². The maximum absolute atomic E-state index is 12.6. The van der Waals surface area contributed by atoms with Crippen molar-refractivity contribution in [1.29, 1.82) is 0 Å². The zero-order chi connectivity index (χ0) is 18.1. The quantitative estimate of drug-likeness (QED) is 0.609. The van der Waals surface area contributed by atoms with Gasteiger partial charge in [-0.2, -0.15) is 0 Å². The van der Waals surface area contributed by atoms with Gasteiger partial charge in [-0.1, -0.05) is 6.07 Å². The fourth-order valence-electron chi connectivity index (χ4n) is 3.55. The summed E-state index contributed by atoms with van der Waals surface area (Å²) in [5, 5.41) is 12.1. The summed E-state index contributed by atoms with van der Waals surface area (Å²) in [5.74, 6) is -0.137. The molecule has 0 N–H and O–H groups in total. The molecule has 1 aromatic heterocycles. The highest BCUT2D eigenvalue weighted by Crippen LogP contribution is 2.28. The Balaban J connectivity index is 1.34. The van der Waals surface area contributed by atoms with Crippen LogP contribution in [0.1, 0.15) is 32.4 Å². The van der Waals surface area contributed by atoms with Crippen LogP contribution >= 0.6 is 11.3 Å². The Hall–Kier alpha value is -2.32. The SMILES string of the molecule is O=C(c1cccc([N+](=O)[O-])c1)N1CCN(Cc2nc3c(s2)CCC3)CC1. The molecule has 1 aliphatic carbocycles. The monoisotopic (exact) mass is 372 g/mol. The number of rotatable bonds is 4. The molecule has 1 amide bonds. The summed E-state index contributed by atoms with van der Waals surface area (Å²) in [5.41, 5.74) is 1.61. The van der Waals surface area contributed by atoms with Gasteiger partial charge in [-0.05, 0) is 25.3 Å². The minimum atomic E-state index is -0.472. The maximum atomic E-state index is 12.6. The molecule has 4 rings (SSSR count). The molecule has 0 spiro atoms. The van der Waals surface area contributed by atoms with E-state index in [1.165, 1.54) is 40.6 Å². The average Bonchev–Trinajstić information content (AvgIpc) is 3.23. The molecule has 1 aliphatic heterocycles. The third kappa shape index (κ3) is 3.47. The molecule has 0 bridgehead atoms. The number of benzene rings is 1. The van der Waals surface area contributed by atoms with Crippen molar-refractivity contribution in [3.63, 3.8) is 0 Å². The van der Waals surface area contributed by atoms with Gasteiger partial charge in [0.2, 0.25) is 0 Å². The summed E-state index contributed by atoms with van der Waals surface area (Å²) in [6.07, 6.45) is 3.50. The first-order valence-corrected chi connectivity index (χ1v) is 9.65. The molecular weight excluding hydrogens is 352 g/mol. The number of thiazole rings is 1. The van der Waals surface area contributed by atoms with Crippen LogP contribution in [-0.2, 0) is 19.4 Å². The summed E-state index contributed by atoms with van der Waals surface area (Å²) in [6.45, 7) is 3.70. The van der Waals surface area contributed by atoms with Gasteiger partial charge in [0.1, 0.15) is 5.01 Å². The van der Waals surface area contributed by atoms with Gasteiger partial charge in [-0.25, -0.2) is 4.98 Å². The zero-order valence-corrected chi connectivity index (χ0v) is 15.2. The number of fused-ring (bicyclic) bond motifs is 1. The van der Waals surface area contributed by atoms with Crippen LogP contribution in [0.3, 0.4) is 0 Å². The standard InChI is InChI=1S/C18H20N4O3S/c23-18(13-3-1-4-14(11-13)22(24)25)21-9-7-20(8-10-21)12-17-19-15-5-2-6-16(15)26-17/h1,3-4,11H,2,5-10,12H2. The highest BCUT2D eigenvalue weighted by atomic mass is 32.1. The lowest BCUT2D eigenvalue weighted by Crippen LogP contribution is -2.48. The number of hydrogen-bond donors (Lipinski definition) is 0. The van der Waals surface area contributed by atoms with Crippen LogP contribution in [0.2, 0.25) is 0 Å². The Morgan fingerprint density at radius 2 is 2.04 bits per heavy atom. The van der Waals surface area contributed by atoms with Crippen molar-refractivity contribution in [3.8, 4) is 0 Å². The van der Waals surface area contributed by atoms with Gasteiger partial charge in [-0.3, -0.25) is 19.8 Å². The van der Waals surface area contributed by atoms with Crippen LogP contribution in [0.5, 0.6) is 0 Å². The number of aryl methyl sites for hydroxylation is 2. The second-order valence-corrected chi connectivity index (χ2v) is 7.87. The Morgan fingerprint density at radius 3 is 2.77 bits per heavy atom. The number of carbonyl (C=O) groups excluding carboxylic acids is 1. The Labute approximate surface area is 155 Å². The number of piperazine rings is 1. The predicted molar refractivity (Wildman–Crippen MR) is 98.4 cm³/mol. The van der Waals surface area contributed by atoms with E-state index in [4.69, 9.17) is 4.98 Å². The molecule has 0 radical (unpaired) electrons. The van der Waals surface area contributed by atoms with Crippen molar-refractivity contribution < 1.29 is 9.72 Å². The van der Waals surface area contributed by atoms with Crippen molar-refractivity contribution in [2.24, 2.45) is 0 Å². The van der Waals surface area contributed by atoms with Crippen LogP contribution in [0.25, 0.3) is 0 Å². The van der Waals surface area contributed by atoms with E-state index >= 15 is 0 Å². The largest absolute Gasteiger partial charge is 0.336 e. The molecule has 0 saturated carbocycles. The van der Waals surface area contributed by atoms with E-state index in [0.29, 0.717) is 18.7 Å². The van der Waals surface area contributed by atoms with E-state index in [2.05, 4.69) is 4.90 Å². The molecule has 1 aromatic carbocycles. The lowest BCUT2D eigenvalue weighted by Gasteiger charge is -2.34. The molecule has 0 unspecified atom stereocenters. The van der Waals surface area contributed by atoms with E-state index < -0.39 is 4.92 Å². The topological polar surface area (TPSA) is 79.6 Å². The molecule has 2 heterocycles. The molecule has 26 heavy (non-hydrogen) atoms. The van der Waals surface area contributed by atoms with Gasteiger partial charge in [0.15, 0.2) is 0 Å². The van der Waals surface area contributed by atoms with E-state index in [-0.39, 0.29) is 11.6 Å². The summed E-state index contributed by atoms with van der Waals surface area (Å²) < 4.78 is 0. The van der Waals surface area contributed by atoms with Gasteiger partial charge < -0.3 is 4.90 Å². The van der Waals surface area contributed by atoms with Gasteiger partial charge in [0, 0.05) is 48.8 Å². The molecule has 136 valence electrons. The van der Waals surface area contributed by atoms with Crippen molar-refractivity contribution in [2.75, 3.05) is 26.2 Å². The van der Waals surface area contributed by atoms with Crippen LogP contribution < -0.4 is 0 Å². The normalized spacial score (nSPS) is 17.3. The third-order valence-electron chi connectivity index (χ3n) is 4.96. The highest BCUT2D eigenvalue weighted by Gasteiger charge is 2.24. The number of non-ortho nitro benzene ring substituents is 1. The number of carbonyl (C=O) groups is 1. The number of nitrogens with zero attached hydrogens (tertiary/aromatic N) is 4. The lowest BCUT2D eigenvalue weighted by atomic mass is 10.1. The maximum Gasteiger partial charge on any atom is 0.270 e. The smallest absolute Gasteiger partial charge is 0.270 e. The molecule has 1 saturated heterocycles. The van der Waals surface area contributed by atoms with Gasteiger partial charge in [0.05, 0.1) is 17.2 Å². The number of nitro benzene ring substituents is 1. The summed E-state index contributed by atoms with van der Waals surface area (Å²) in [4.78, 5) is 33.3. The average molecular weight is 372 g/mol. The lowest BCUT2D eigenvalue weighted by molar-refractivity contribution is -0.384.